The lowest BCUT2D eigenvalue weighted by atomic mass is 10.0. The Labute approximate surface area is 194 Å². The Morgan fingerprint density at radius 2 is 1.73 bits per heavy atom. The minimum atomic E-state index is -0.358. The third kappa shape index (κ3) is 4.21. The highest BCUT2D eigenvalue weighted by Crippen LogP contribution is 2.19. The summed E-state index contributed by atoms with van der Waals surface area (Å²) in [5.41, 5.74) is 2.42. The molecule has 7 heteroatoms. The number of nitrogens with zero attached hydrogens (tertiary/aromatic N) is 3. The number of hydrogen-bond donors (Lipinski definition) is 1. The van der Waals surface area contributed by atoms with Crippen LogP contribution in [0.15, 0.2) is 89.7 Å². The van der Waals surface area contributed by atoms with Crippen molar-refractivity contribution in [3.8, 4) is 5.69 Å². The first-order chi connectivity index (χ1) is 16.1. The van der Waals surface area contributed by atoms with Gasteiger partial charge < -0.3 is 5.32 Å². The molecule has 0 bridgehead atoms. The van der Waals surface area contributed by atoms with Crippen molar-refractivity contribution >= 4 is 39.2 Å². The standard InChI is InChI=1S/C26H19ClN4O2/c27-22-12-5-13-23-25(22)26(33)31(30-29-23)20-10-3-6-17(14-20)15-24(32)28-16-19-9-4-8-18-7-1-2-11-21(18)19/h1-14H,15-16H2,(H,28,32). The Morgan fingerprint density at radius 1 is 0.939 bits per heavy atom. The number of hydrogen-bond acceptors (Lipinski definition) is 4. The Kier molecular flexibility index (Phi) is 5.59. The summed E-state index contributed by atoms with van der Waals surface area (Å²) in [4.78, 5) is 25.6. The fourth-order valence-electron chi connectivity index (χ4n) is 3.90. The SMILES string of the molecule is O=C(Cc1cccc(-n2nnc3cccc(Cl)c3c2=O)c1)NCc1cccc2ccccc12. The van der Waals surface area contributed by atoms with E-state index in [0.29, 0.717) is 28.2 Å². The molecule has 5 aromatic rings. The van der Waals surface area contributed by atoms with Crippen LogP contribution in [0.3, 0.4) is 0 Å². The molecule has 5 rings (SSSR count). The number of fused-ring (bicyclic) bond motifs is 2. The molecule has 0 aliphatic carbocycles. The van der Waals surface area contributed by atoms with Crippen molar-refractivity contribution in [2.45, 2.75) is 13.0 Å². The van der Waals surface area contributed by atoms with Crippen molar-refractivity contribution < 1.29 is 4.79 Å². The topological polar surface area (TPSA) is 76.9 Å². The summed E-state index contributed by atoms with van der Waals surface area (Å²) in [5, 5.41) is 14.0. The number of amides is 1. The van der Waals surface area contributed by atoms with Crippen LogP contribution < -0.4 is 10.9 Å². The Bertz CT molecular complexity index is 1560. The van der Waals surface area contributed by atoms with Crippen LogP contribution in [0.25, 0.3) is 27.4 Å². The van der Waals surface area contributed by atoms with E-state index < -0.39 is 0 Å². The van der Waals surface area contributed by atoms with Crippen molar-refractivity contribution in [2.75, 3.05) is 0 Å². The normalized spacial score (nSPS) is 11.1. The summed E-state index contributed by atoms with van der Waals surface area (Å²) in [6, 6.07) is 26.3. The molecule has 0 saturated carbocycles. The molecule has 162 valence electrons. The Balaban J connectivity index is 1.35. The zero-order chi connectivity index (χ0) is 22.8. The molecule has 1 N–H and O–H groups in total. The van der Waals surface area contributed by atoms with Gasteiger partial charge in [0, 0.05) is 6.54 Å². The van der Waals surface area contributed by atoms with Gasteiger partial charge in [-0.15, -0.1) is 5.10 Å². The molecule has 6 nitrogen and oxygen atoms in total. The Morgan fingerprint density at radius 3 is 2.64 bits per heavy atom. The number of aromatic nitrogens is 3. The van der Waals surface area contributed by atoms with E-state index in [1.807, 2.05) is 30.3 Å². The average molecular weight is 455 g/mol. The van der Waals surface area contributed by atoms with E-state index >= 15 is 0 Å². The monoisotopic (exact) mass is 454 g/mol. The quantitative estimate of drug-likeness (QED) is 0.425. The number of rotatable bonds is 5. The zero-order valence-corrected chi connectivity index (χ0v) is 18.3. The lowest BCUT2D eigenvalue weighted by molar-refractivity contribution is -0.120. The van der Waals surface area contributed by atoms with Gasteiger partial charge in [-0.25, -0.2) is 0 Å². The summed E-state index contributed by atoms with van der Waals surface area (Å²) < 4.78 is 1.20. The van der Waals surface area contributed by atoms with Gasteiger partial charge in [-0.2, -0.15) is 4.68 Å². The lowest BCUT2D eigenvalue weighted by Gasteiger charge is -2.10. The van der Waals surface area contributed by atoms with Crippen LogP contribution in [0.5, 0.6) is 0 Å². The molecule has 1 aromatic heterocycles. The van der Waals surface area contributed by atoms with Gasteiger partial charge in [0.25, 0.3) is 5.56 Å². The third-order valence-electron chi connectivity index (χ3n) is 5.52. The van der Waals surface area contributed by atoms with E-state index in [1.54, 1.807) is 36.4 Å². The van der Waals surface area contributed by atoms with Gasteiger partial charge in [0.1, 0.15) is 5.52 Å². The molecular formula is C26H19ClN4O2. The van der Waals surface area contributed by atoms with E-state index in [2.05, 4.69) is 33.8 Å². The second-order valence-electron chi connectivity index (χ2n) is 7.70. The van der Waals surface area contributed by atoms with Gasteiger partial charge >= 0.3 is 0 Å². The molecule has 33 heavy (non-hydrogen) atoms. The molecule has 0 fully saturated rings. The van der Waals surface area contributed by atoms with E-state index in [0.717, 1.165) is 21.9 Å². The first kappa shape index (κ1) is 20.8. The second kappa shape index (κ2) is 8.84. The highest BCUT2D eigenvalue weighted by molar-refractivity contribution is 6.35. The molecule has 0 unspecified atom stereocenters. The fraction of sp³-hybridized carbons (Fsp3) is 0.0769. The maximum absolute atomic E-state index is 12.9. The predicted octanol–water partition coefficient (Wildman–Crippen LogP) is 4.45. The molecule has 1 amide bonds. The van der Waals surface area contributed by atoms with Crippen LogP contribution >= 0.6 is 11.6 Å². The summed E-state index contributed by atoms with van der Waals surface area (Å²) in [5.74, 6) is -0.111. The average Bonchev–Trinajstić information content (AvgIpc) is 2.83. The van der Waals surface area contributed by atoms with Gasteiger partial charge in [-0.1, -0.05) is 77.5 Å². The summed E-state index contributed by atoms with van der Waals surface area (Å²) in [7, 11) is 0. The van der Waals surface area contributed by atoms with Crippen molar-refractivity contribution in [3.63, 3.8) is 0 Å². The molecule has 0 saturated heterocycles. The first-order valence-electron chi connectivity index (χ1n) is 10.5. The number of halogens is 1. The molecule has 0 radical (unpaired) electrons. The van der Waals surface area contributed by atoms with Crippen LogP contribution in [0.4, 0.5) is 0 Å². The number of carbonyl (C=O) groups excluding carboxylic acids is 1. The summed E-state index contributed by atoms with van der Waals surface area (Å²) in [6.45, 7) is 0.438. The fourth-order valence-corrected chi connectivity index (χ4v) is 4.15. The maximum Gasteiger partial charge on any atom is 0.283 e. The second-order valence-corrected chi connectivity index (χ2v) is 8.11. The number of benzene rings is 4. The molecule has 0 spiro atoms. The molecule has 0 aliphatic rings. The molecule has 1 heterocycles. The Hall–Kier alpha value is -4.03. The largest absolute Gasteiger partial charge is 0.352 e. The number of carbonyl (C=O) groups is 1. The van der Waals surface area contributed by atoms with Crippen LogP contribution in [-0.2, 0) is 17.8 Å². The van der Waals surface area contributed by atoms with Crippen LogP contribution in [0, 0.1) is 0 Å². The molecular weight excluding hydrogens is 436 g/mol. The van der Waals surface area contributed by atoms with Gasteiger partial charge in [-0.3, -0.25) is 9.59 Å². The smallest absolute Gasteiger partial charge is 0.283 e. The van der Waals surface area contributed by atoms with Crippen LogP contribution in [0.1, 0.15) is 11.1 Å². The molecule has 0 atom stereocenters. The predicted molar refractivity (Wildman–Crippen MR) is 130 cm³/mol. The number of nitrogens with one attached hydrogen (secondary N) is 1. The minimum Gasteiger partial charge on any atom is -0.352 e. The van der Waals surface area contributed by atoms with E-state index in [9.17, 15) is 9.59 Å². The first-order valence-corrected chi connectivity index (χ1v) is 10.8. The van der Waals surface area contributed by atoms with Crippen LogP contribution in [-0.4, -0.2) is 20.9 Å². The maximum atomic E-state index is 12.9. The van der Waals surface area contributed by atoms with Crippen molar-refractivity contribution in [1.29, 1.82) is 0 Å². The molecule has 0 aliphatic heterocycles. The van der Waals surface area contributed by atoms with Crippen molar-refractivity contribution in [2.24, 2.45) is 0 Å². The highest BCUT2D eigenvalue weighted by Gasteiger charge is 2.12. The third-order valence-corrected chi connectivity index (χ3v) is 5.83. The van der Waals surface area contributed by atoms with Gasteiger partial charge in [0.05, 0.1) is 22.5 Å². The van der Waals surface area contributed by atoms with Gasteiger partial charge in [-0.05, 0) is 46.2 Å². The van der Waals surface area contributed by atoms with Gasteiger partial charge in [0.2, 0.25) is 5.91 Å². The minimum absolute atomic E-state index is 0.111. The van der Waals surface area contributed by atoms with Crippen molar-refractivity contribution in [1.82, 2.24) is 20.3 Å². The highest BCUT2D eigenvalue weighted by atomic mass is 35.5. The van der Waals surface area contributed by atoms with Crippen LogP contribution in [0.2, 0.25) is 5.02 Å². The molecule has 4 aromatic carbocycles. The summed E-state index contributed by atoms with van der Waals surface area (Å²) in [6.07, 6.45) is 0.176. The van der Waals surface area contributed by atoms with Crippen molar-refractivity contribution in [3.05, 3.63) is 111 Å². The lowest BCUT2D eigenvalue weighted by Crippen LogP contribution is -2.25. The van der Waals surface area contributed by atoms with E-state index in [-0.39, 0.29) is 17.9 Å². The van der Waals surface area contributed by atoms with E-state index in [1.165, 1.54) is 4.68 Å². The van der Waals surface area contributed by atoms with Gasteiger partial charge in [0.15, 0.2) is 0 Å². The zero-order valence-electron chi connectivity index (χ0n) is 17.5. The summed E-state index contributed by atoms with van der Waals surface area (Å²) >= 11 is 6.21. The van der Waals surface area contributed by atoms with E-state index in [4.69, 9.17) is 11.6 Å².